The number of imidazole rings is 1. The van der Waals surface area contributed by atoms with E-state index in [0.717, 1.165) is 47.4 Å². The first-order chi connectivity index (χ1) is 18.1. The number of carbonyl (C=O) groups excluding carboxylic acids is 1. The molecule has 4 rings (SSSR count). The Morgan fingerprint density at radius 1 is 1.03 bits per heavy atom. The minimum absolute atomic E-state index is 0.0994. The van der Waals surface area contributed by atoms with Crippen molar-refractivity contribution in [3.8, 4) is 17.2 Å². The molecule has 7 nitrogen and oxygen atoms in total. The summed E-state index contributed by atoms with van der Waals surface area (Å²) in [5, 5.41) is 2.99. The molecule has 1 N–H and O–H groups in total. The smallest absolute Gasteiger partial charge is 0.251 e. The fraction of sp³-hybridized carbons (Fsp3) is 0.267. The fourth-order valence-corrected chi connectivity index (χ4v) is 4.23. The van der Waals surface area contributed by atoms with Gasteiger partial charge in [-0.2, -0.15) is 0 Å². The number of aryl methyl sites for hydroxylation is 1. The van der Waals surface area contributed by atoms with Gasteiger partial charge in [-0.1, -0.05) is 24.3 Å². The van der Waals surface area contributed by atoms with Crippen LogP contribution in [0.4, 0.5) is 0 Å². The van der Waals surface area contributed by atoms with Gasteiger partial charge in [-0.15, -0.1) is 6.58 Å². The van der Waals surface area contributed by atoms with Crippen molar-refractivity contribution in [3.63, 3.8) is 0 Å². The first-order valence-electron chi connectivity index (χ1n) is 12.4. The van der Waals surface area contributed by atoms with Crippen LogP contribution in [0.5, 0.6) is 17.2 Å². The van der Waals surface area contributed by atoms with Crippen LogP contribution in [0.15, 0.2) is 79.4 Å². The van der Waals surface area contributed by atoms with Crippen LogP contribution in [-0.2, 0) is 19.4 Å². The van der Waals surface area contributed by atoms with E-state index in [1.807, 2.05) is 42.5 Å². The number of hydrogen-bond acceptors (Lipinski definition) is 5. The number of benzene rings is 3. The molecule has 0 aliphatic rings. The number of amides is 1. The van der Waals surface area contributed by atoms with Gasteiger partial charge in [-0.05, 0) is 66.9 Å². The lowest BCUT2D eigenvalue weighted by Crippen LogP contribution is -2.25. The van der Waals surface area contributed by atoms with E-state index in [1.165, 1.54) is 0 Å². The molecule has 1 amide bonds. The monoisotopic (exact) mass is 499 g/mol. The van der Waals surface area contributed by atoms with Gasteiger partial charge in [0.15, 0.2) is 11.5 Å². The van der Waals surface area contributed by atoms with Gasteiger partial charge in [-0.25, -0.2) is 4.98 Å². The first-order valence-corrected chi connectivity index (χ1v) is 12.4. The van der Waals surface area contributed by atoms with Crippen LogP contribution in [0.25, 0.3) is 11.0 Å². The summed E-state index contributed by atoms with van der Waals surface area (Å²) in [4.78, 5) is 17.3. The Kier molecular flexibility index (Phi) is 8.81. The lowest BCUT2D eigenvalue weighted by Gasteiger charge is -2.14. The van der Waals surface area contributed by atoms with Crippen LogP contribution in [-0.4, -0.2) is 42.8 Å². The molecule has 192 valence electrons. The molecular formula is C30H33N3O4. The highest BCUT2D eigenvalue weighted by atomic mass is 16.5. The topological polar surface area (TPSA) is 74.6 Å². The van der Waals surface area contributed by atoms with Gasteiger partial charge in [0, 0.05) is 18.5 Å². The van der Waals surface area contributed by atoms with Gasteiger partial charge >= 0.3 is 0 Å². The average Bonchev–Trinajstić information content (AvgIpc) is 3.29. The lowest BCUT2D eigenvalue weighted by molar-refractivity contribution is 0.0953. The SMILES string of the molecule is C=CCc1ccc(OCCn2c(CCCNC(=O)c3ccc(OC)cc3)nc3ccccc32)c(OC)c1. The molecule has 3 aromatic carbocycles. The van der Waals surface area contributed by atoms with Gasteiger partial charge in [0.1, 0.15) is 18.2 Å². The minimum atomic E-state index is -0.0994. The Morgan fingerprint density at radius 3 is 2.59 bits per heavy atom. The number of fused-ring (bicyclic) bond motifs is 1. The molecule has 0 saturated carbocycles. The second-order valence-corrected chi connectivity index (χ2v) is 8.58. The highest BCUT2D eigenvalue weighted by molar-refractivity contribution is 5.94. The molecular weight excluding hydrogens is 466 g/mol. The third kappa shape index (κ3) is 6.50. The zero-order valence-electron chi connectivity index (χ0n) is 21.4. The van der Waals surface area contributed by atoms with E-state index < -0.39 is 0 Å². The van der Waals surface area contributed by atoms with Gasteiger partial charge in [0.25, 0.3) is 5.91 Å². The van der Waals surface area contributed by atoms with Gasteiger partial charge in [-0.3, -0.25) is 4.79 Å². The van der Waals surface area contributed by atoms with Crippen molar-refractivity contribution in [2.24, 2.45) is 0 Å². The molecule has 0 unspecified atom stereocenters. The number of hydrogen-bond donors (Lipinski definition) is 1. The summed E-state index contributed by atoms with van der Waals surface area (Å²) in [7, 11) is 3.25. The van der Waals surface area contributed by atoms with Crippen LogP contribution in [0, 0.1) is 0 Å². The summed E-state index contributed by atoms with van der Waals surface area (Å²) in [6, 6.07) is 21.1. The number of ether oxygens (including phenoxy) is 3. The van der Waals surface area contributed by atoms with Crippen molar-refractivity contribution in [2.75, 3.05) is 27.4 Å². The summed E-state index contributed by atoms with van der Waals surface area (Å²) in [5.41, 5.74) is 3.75. The maximum absolute atomic E-state index is 12.4. The first kappa shape index (κ1) is 25.8. The molecule has 7 heteroatoms. The second kappa shape index (κ2) is 12.6. The van der Waals surface area contributed by atoms with Crippen molar-refractivity contribution in [2.45, 2.75) is 25.8 Å². The number of para-hydroxylation sites is 2. The summed E-state index contributed by atoms with van der Waals surface area (Å²) in [6.45, 7) is 5.46. The zero-order valence-corrected chi connectivity index (χ0v) is 21.4. The van der Waals surface area contributed by atoms with Crippen molar-refractivity contribution >= 4 is 16.9 Å². The van der Waals surface area contributed by atoms with E-state index in [2.05, 4.69) is 22.5 Å². The molecule has 1 aromatic heterocycles. The third-order valence-electron chi connectivity index (χ3n) is 6.13. The van der Waals surface area contributed by atoms with Crippen LogP contribution >= 0.6 is 0 Å². The highest BCUT2D eigenvalue weighted by Crippen LogP contribution is 2.28. The number of nitrogens with one attached hydrogen (secondary N) is 1. The van der Waals surface area contributed by atoms with E-state index >= 15 is 0 Å². The molecule has 37 heavy (non-hydrogen) atoms. The van der Waals surface area contributed by atoms with Crippen molar-refractivity contribution in [1.29, 1.82) is 0 Å². The van der Waals surface area contributed by atoms with Crippen molar-refractivity contribution in [3.05, 3.63) is 96.3 Å². The fourth-order valence-electron chi connectivity index (χ4n) is 4.23. The molecule has 4 aromatic rings. The second-order valence-electron chi connectivity index (χ2n) is 8.58. The van der Waals surface area contributed by atoms with E-state index in [4.69, 9.17) is 19.2 Å². The number of nitrogens with zero attached hydrogens (tertiary/aromatic N) is 2. The molecule has 0 saturated heterocycles. The van der Waals surface area contributed by atoms with E-state index in [1.54, 1.807) is 38.5 Å². The Labute approximate surface area is 217 Å². The largest absolute Gasteiger partial charge is 0.497 e. The summed E-state index contributed by atoms with van der Waals surface area (Å²) in [5.74, 6) is 3.02. The number of aromatic nitrogens is 2. The minimum Gasteiger partial charge on any atom is -0.497 e. The number of rotatable bonds is 13. The van der Waals surface area contributed by atoms with Gasteiger partial charge < -0.3 is 24.1 Å². The molecule has 0 atom stereocenters. The zero-order chi connectivity index (χ0) is 26.0. The van der Waals surface area contributed by atoms with Gasteiger partial charge in [0.2, 0.25) is 0 Å². The number of allylic oxidation sites excluding steroid dienone is 1. The van der Waals surface area contributed by atoms with Crippen LogP contribution in [0.2, 0.25) is 0 Å². The summed E-state index contributed by atoms with van der Waals surface area (Å²) >= 11 is 0. The Balaban J connectivity index is 1.37. The predicted molar refractivity (Wildman–Crippen MR) is 146 cm³/mol. The lowest BCUT2D eigenvalue weighted by atomic mass is 10.1. The molecule has 0 aliphatic carbocycles. The van der Waals surface area contributed by atoms with Crippen molar-refractivity contribution in [1.82, 2.24) is 14.9 Å². The van der Waals surface area contributed by atoms with Crippen molar-refractivity contribution < 1.29 is 19.0 Å². The van der Waals surface area contributed by atoms with Gasteiger partial charge in [0.05, 0.1) is 31.8 Å². The summed E-state index contributed by atoms with van der Waals surface area (Å²) in [6.07, 6.45) is 4.15. The third-order valence-corrected chi connectivity index (χ3v) is 6.13. The maximum atomic E-state index is 12.4. The Bertz CT molecular complexity index is 1340. The number of carbonyl (C=O) groups is 1. The van der Waals surface area contributed by atoms with E-state index in [-0.39, 0.29) is 5.91 Å². The molecule has 0 bridgehead atoms. The van der Waals surface area contributed by atoms with Crippen LogP contribution in [0.1, 0.15) is 28.2 Å². The predicted octanol–water partition coefficient (Wildman–Crippen LogP) is 5.22. The maximum Gasteiger partial charge on any atom is 0.251 e. The van der Waals surface area contributed by atoms with E-state index in [0.29, 0.717) is 36.8 Å². The summed E-state index contributed by atoms with van der Waals surface area (Å²) < 4.78 is 19.0. The quantitative estimate of drug-likeness (QED) is 0.202. The Morgan fingerprint density at radius 2 is 1.84 bits per heavy atom. The molecule has 0 radical (unpaired) electrons. The highest BCUT2D eigenvalue weighted by Gasteiger charge is 2.12. The average molecular weight is 500 g/mol. The standard InChI is InChI=1S/C30H33N3O4/c1-4-8-22-12-17-27(28(21-22)36-3)37-20-19-33-26-10-6-5-9-25(26)32-29(33)11-7-18-31-30(34)23-13-15-24(35-2)16-14-23/h4-6,9-10,12-17,21H,1,7-8,11,18-20H2,2-3H3,(H,31,34). The molecule has 0 aliphatic heterocycles. The number of methoxy groups -OCH3 is 2. The van der Waals surface area contributed by atoms with Crippen LogP contribution in [0.3, 0.4) is 0 Å². The molecule has 0 fully saturated rings. The Hall–Kier alpha value is -4.26. The molecule has 1 heterocycles. The normalized spacial score (nSPS) is 10.8. The van der Waals surface area contributed by atoms with Crippen LogP contribution < -0.4 is 19.5 Å². The molecule has 0 spiro atoms. The van der Waals surface area contributed by atoms with E-state index in [9.17, 15) is 4.79 Å².